The molecular weight excluding hydrogens is 489 g/mol. The zero-order valence-electron chi connectivity index (χ0n) is 16.9. The van der Waals surface area contributed by atoms with Crippen molar-refractivity contribution in [3.05, 3.63) is 76.3 Å². The summed E-state index contributed by atoms with van der Waals surface area (Å²) in [4.78, 5) is -0.555. The first-order valence-electron chi connectivity index (χ1n) is 9.52. The van der Waals surface area contributed by atoms with Crippen LogP contribution in [0.5, 0.6) is 5.75 Å². The van der Waals surface area contributed by atoms with Gasteiger partial charge in [-0.05, 0) is 48.9 Å². The summed E-state index contributed by atoms with van der Waals surface area (Å²) in [6, 6.07) is 8.59. The highest BCUT2D eigenvalue weighted by Gasteiger charge is 2.35. The fraction of sp³-hybridized carbons (Fsp3) is 0.182. The average Bonchev–Trinajstić information content (AvgIpc) is 2.78. The minimum atomic E-state index is -4.72. The molecule has 0 N–H and O–H groups in total. The Morgan fingerprint density at radius 2 is 1.79 bits per heavy atom. The molecule has 1 aliphatic rings. The van der Waals surface area contributed by atoms with Gasteiger partial charge in [-0.25, -0.2) is 17.2 Å². The summed E-state index contributed by atoms with van der Waals surface area (Å²) in [5.74, 6) is -1.65. The van der Waals surface area contributed by atoms with Crippen LogP contribution in [0.2, 0.25) is 5.02 Å². The predicted molar refractivity (Wildman–Crippen MR) is 113 cm³/mol. The zero-order chi connectivity index (χ0) is 24.1. The third-order valence-electron chi connectivity index (χ3n) is 5.23. The molecule has 1 heterocycles. The topological polar surface area (TPSA) is 46.6 Å². The van der Waals surface area contributed by atoms with Crippen molar-refractivity contribution in [3.63, 3.8) is 0 Å². The Morgan fingerprint density at radius 1 is 1.06 bits per heavy atom. The van der Waals surface area contributed by atoms with E-state index < -0.39 is 38.3 Å². The molecule has 0 aromatic heterocycles. The predicted octanol–water partition coefficient (Wildman–Crippen LogP) is 6.20. The van der Waals surface area contributed by atoms with Gasteiger partial charge in [0.15, 0.2) is 0 Å². The van der Waals surface area contributed by atoms with Crippen LogP contribution in [0.4, 0.5) is 27.6 Å². The normalized spacial score (nSPS) is 14.1. The molecule has 4 rings (SSSR count). The van der Waals surface area contributed by atoms with Crippen LogP contribution in [-0.2, 0) is 16.2 Å². The molecule has 0 atom stereocenters. The number of rotatable bonds is 3. The number of hydrogen-bond acceptors (Lipinski definition) is 3. The number of sulfonamides is 1. The zero-order valence-corrected chi connectivity index (χ0v) is 18.5. The lowest BCUT2D eigenvalue weighted by Gasteiger charge is -2.31. The number of benzene rings is 3. The van der Waals surface area contributed by atoms with Crippen LogP contribution < -0.4 is 9.04 Å². The summed E-state index contributed by atoms with van der Waals surface area (Å²) in [6.45, 7) is 1.00. The third-order valence-corrected chi connectivity index (χ3v) is 7.41. The van der Waals surface area contributed by atoms with Gasteiger partial charge in [0.1, 0.15) is 24.0 Å². The first-order chi connectivity index (χ1) is 15.4. The minimum absolute atomic E-state index is 0.00798. The number of nitrogens with zero attached hydrogens (tertiary/aromatic N) is 1. The largest absolute Gasteiger partial charge is 0.489 e. The van der Waals surface area contributed by atoms with E-state index >= 15 is 0 Å². The lowest BCUT2D eigenvalue weighted by molar-refractivity contribution is -0.137. The van der Waals surface area contributed by atoms with E-state index in [1.54, 1.807) is 0 Å². The monoisotopic (exact) mass is 503 g/mol. The van der Waals surface area contributed by atoms with Crippen molar-refractivity contribution in [3.8, 4) is 16.9 Å². The summed E-state index contributed by atoms with van der Waals surface area (Å²) in [5, 5.41) is -0.349. The van der Waals surface area contributed by atoms with E-state index in [4.69, 9.17) is 16.3 Å². The second-order valence-electron chi connectivity index (χ2n) is 7.29. The maximum absolute atomic E-state index is 14.3. The smallest absolute Gasteiger partial charge is 0.416 e. The number of alkyl halides is 3. The van der Waals surface area contributed by atoms with E-state index in [9.17, 15) is 30.4 Å². The van der Waals surface area contributed by atoms with E-state index in [0.29, 0.717) is 6.07 Å². The van der Waals surface area contributed by atoms with Gasteiger partial charge in [-0.15, -0.1) is 0 Å². The van der Waals surface area contributed by atoms with Crippen LogP contribution in [0, 0.1) is 18.6 Å². The van der Waals surface area contributed by atoms with Crippen LogP contribution >= 0.6 is 11.6 Å². The highest BCUT2D eigenvalue weighted by molar-refractivity contribution is 7.92. The molecule has 4 nitrogen and oxygen atoms in total. The highest BCUT2D eigenvalue weighted by Crippen LogP contribution is 2.41. The Kier molecular flexibility index (Phi) is 5.78. The van der Waals surface area contributed by atoms with Gasteiger partial charge in [-0.1, -0.05) is 23.7 Å². The van der Waals surface area contributed by atoms with Crippen LogP contribution in [0.3, 0.4) is 0 Å². The molecule has 174 valence electrons. The summed E-state index contributed by atoms with van der Waals surface area (Å²) in [7, 11) is -4.42. The van der Waals surface area contributed by atoms with E-state index in [0.717, 1.165) is 28.6 Å². The number of anilines is 1. The molecule has 0 saturated carbocycles. The summed E-state index contributed by atoms with van der Waals surface area (Å²) < 4.78 is 101. The third kappa shape index (κ3) is 4.13. The van der Waals surface area contributed by atoms with E-state index in [-0.39, 0.29) is 46.3 Å². The molecule has 0 fully saturated rings. The van der Waals surface area contributed by atoms with E-state index in [1.165, 1.54) is 25.1 Å². The Hall–Kier alpha value is -2.85. The SMILES string of the molecule is Cc1c(F)cc(-c2ccc3c(c2)N(S(=O)(=O)c2cccc(C(F)(F)F)c2)CCO3)c(Cl)c1F. The van der Waals surface area contributed by atoms with Crippen LogP contribution in [0.1, 0.15) is 11.1 Å². The van der Waals surface area contributed by atoms with Gasteiger partial charge < -0.3 is 4.74 Å². The minimum Gasteiger partial charge on any atom is -0.489 e. The van der Waals surface area contributed by atoms with Crippen LogP contribution in [0.15, 0.2) is 53.4 Å². The van der Waals surface area contributed by atoms with Gasteiger partial charge in [0.25, 0.3) is 10.0 Å². The van der Waals surface area contributed by atoms with Gasteiger partial charge in [0.05, 0.1) is 27.7 Å². The van der Waals surface area contributed by atoms with E-state index in [2.05, 4.69) is 0 Å². The average molecular weight is 504 g/mol. The number of hydrogen-bond donors (Lipinski definition) is 0. The summed E-state index contributed by atoms with van der Waals surface area (Å²) >= 11 is 6.06. The molecule has 0 spiro atoms. The van der Waals surface area contributed by atoms with Crippen molar-refractivity contribution in [2.75, 3.05) is 17.5 Å². The fourth-order valence-electron chi connectivity index (χ4n) is 3.47. The van der Waals surface area contributed by atoms with Crippen molar-refractivity contribution < 1.29 is 35.1 Å². The Balaban J connectivity index is 1.84. The summed E-state index contributed by atoms with van der Waals surface area (Å²) in [6.07, 6.45) is -4.72. The molecule has 0 bridgehead atoms. The molecule has 3 aromatic carbocycles. The van der Waals surface area contributed by atoms with Crippen LogP contribution in [0.25, 0.3) is 11.1 Å². The van der Waals surface area contributed by atoms with Crippen molar-refractivity contribution in [1.82, 2.24) is 0 Å². The number of halogens is 6. The van der Waals surface area contributed by atoms with Crippen LogP contribution in [-0.4, -0.2) is 21.6 Å². The van der Waals surface area contributed by atoms with E-state index in [1.807, 2.05) is 0 Å². The standard InChI is InChI=1S/C22H15ClF5NO3S/c1-12-17(24)11-16(20(23)21(12)25)13-5-6-19-18(9-13)29(7-8-32-19)33(30,31)15-4-2-3-14(10-15)22(26,27)28/h2-6,9-11H,7-8H2,1H3. The van der Waals surface area contributed by atoms with Gasteiger partial charge in [-0.2, -0.15) is 13.2 Å². The molecule has 1 aliphatic heterocycles. The molecule has 33 heavy (non-hydrogen) atoms. The fourth-order valence-corrected chi connectivity index (χ4v) is 5.27. The van der Waals surface area contributed by atoms with Gasteiger partial charge in [0.2, 0.25) is 0 Å². The Bertz CT molecular complexity index is 1360. The quantitative estimate of drug-likeness (QED) is 0.316. The molecule has 0 aliphatic carbocycles. The molecular formula is C22H15ClF5NO3S. The second kappa shape index (κ2) is 8.18. The second-order valence-corrected chi connectivity index (χ2v) is 9.53. The Morgan fingerprint density at radius 3 is 2.48 bits per heavy atom. The highest BCUT2D eigenvalue weighted by atomic mass is 35.5. The first kappa shape index (κ1) is 23.3. The maximum Gasteiger partial charge on any atom is 0.416 e. The van der Waals surface area contributed by atoms with Crippen molar-refractivity contribution in [2.24, 2.45) is 0 Å². The Labute approximate surface area is 191 Å². The molecule has 0 unspecified atom stereocenters. The van der Waals surface area contributed by atoms with Crippen molar-refractivity contribution in [2.45, 2.75) is 18.0 Å². The van der Waals surface area contributed by atoms with Crippen molar-refractivity contribution >= 4 is 27.3 Å². The molecule has 11 heteroatoms. The molecule has 3 aromatic rings. The first-order valence-corrected chi connectivity index (χ1v) is 11.3. The molecule has 0 saturated heterocycles. The molecule has 0 radical (unpaired) electrons. The lowest BCUT2D eigenvalue weighted by Crippen LogP contribution is -2.38. The van der Waals surface area contributed by atoms with Gasteiger partial charge >= 0.3 is 6.18 Å². The molecule has 0 amide bonds. The number of ether oxygens (including phenoxy) is 1. The van der Waals surface area contributed by atoms with Crippen molar-refractivity contribution in [1.29, 1.82) is 0 Å². The lowest BCUT2D eigenvalue weighted by atomic mass is 10.0. The summed E-state index contributed by atoms with van der Waals surface area (Å²) in [5.41, 5.74) is -1.18. The van der Waals surface area contributed by atoms with Gasteiger partial charge in [-0.3, -0.25) is 4.31 Å². The van der Waals surface area contributed by atoms with Gasteiger partial charge in [0, 0.05) is 11.1 Å². The maximum atomic E-state index is 14.3. The number of fused-ring (bicyclic) bond motifs is 1.